The van der Waals surface area contributed by atoms with E-state index in [4.69, 9.17) is 0 Å². The number of nitrogens with one attached hydrogen (secondary N) is 1. The molecule has 0 heterocycles. The Kier molecular flexibility index (Phi) is 3.99. The van der Waals surface area contributed by atoms with Crippen LogP contribution in [0, 0.1) is 11.6 Å². The third-order valence-electron chi connectivity index (χ3n) is 1.82. The molecule has 0 bridgehead atoms. The van der Waals surface area contributed by atoms with Crippen molar-refractivity contribution >= 4 is 11.7 Å². The molecule has 86 valence electrons. The quantitative estimate of drug-likeness (QED) is 0.636. The molecule has 0 aliphatic heterocycles. The zero-order valence-electron chi connectivity index (χ0n) is 8.88. The highest BCUT2D eigenvalue weighted by Gasteiger charge is 2.08. The van der Waals surface area contributed by atoms with Crippen molar-refractivity contribution in [2.24, 2.45) is 0 Å². The van der Waals surface area contributed by atoms with Crippen molar-refractivity contribution in [2.75, 3.05) is 12.4 Å². The van der Waals surface area contributed by atoms with Crippen LogP contribution in [-0.2, 0) is 9.53 Å². The number of hydrogen-bond donors (Lipinski definition) is 1. The standard InChI is InChI=1S/C11H11F2NO2/c1-7(6-10(15)16-2)14-11-8(12)4-3-5-9(11)13/h3-6,14H,1-2H3/b7-6-. The minimum atomic E-state index is -0.724. The number of methoxy groups -OCH3 is 1. The number of benzene rings is 1. The van der Waals surface area contributed by atoms with Crippen LogP contribution < -0.4 is 5.32 Å². The fourth-order valence-electron chi connectivity index (χ4n) is 1.09. The monoisotopic (exact) mass is 227 g/mol. The van der Waals surface area contributed by atoms with Gasteiger partial charge in [-0.1, -0.05) is 6.07 Å². The number of hydrogen-bond acceptors (Lipinski definition) is 3. The minimum Gasteiger partial charge on any atom is -0.466 e. The Morgan fingerprint density at radius 1 is 1.38 bits per heavy atom. The summed E-state index contributed by atoms with van der Waals surface area (Å²) in [6.45, 7) is 1.50. The lowest BCUT2D eigenvalue weighted by atomic mass is 10.2. The van der Waals surface area contributed by atoms with Gasteiger partial charge in [-0.3, -0.25) is 0 Å². The van der Waals surface area contributed by atoms with E-state index < -0.39 is 17.6 Å². The first-order valence-electron chi connectivity index (χ1n) is 4.52. The Balaban J connectivity index is 2.89. The summed E-state index contributed by atoms with van der Waals surface area (Å²) in [6, 6.07) is 3.50. The molecule has 0 spiro atoms. The van der Waals surface area contributed by atoms with Crippen LogP contribution in [-0.4, -0.2) is 13.1 Å². The molecule has 0 radical (unpaired) electrons. The lowest BCUT2D eigenvalue weighted by molar-refractivity contribution is -0.134. The van der Waals surface area contributed by atoms with Crippen LogP contribution in [0.15, 0.2) is 30.0 Å². The average molecular weight is 227 g/mol. The zero-order chi connectivity index (χ0) is 12.1. The molecular formula is C11H11F2NO2. The van der Waals surface area contributed by atoms with Gasteiger partial charge in [0.2, 0.25) is 0 Å². The van der Waals surface area contributed by atoms with Crippen LogP contribution in [0.5, 0.6) is 0 Å². The topological polar surface area (TPSA) is 38.3 Å². The molecule has 0 aliphatic carbocycles. The van der Waals surface area contributed by atoms with Gasteiger partial charge in [0.15, 0.2) is 0 Å². The molecule has 0 atom stereocenters. The number of carbonyl (C=O) groups is 1. The number of rotatable bonds is 3. The van der Waals surface area contributed by atoms with Crippen LogP contribution in [0.2, 0.25) is 0 Å². The van der Waals surface area contributed by atoms with E-state index in [1.165, 1.54) is 20.1 Å². The molecule has 0 saturated carbocycles. The number of esters is 1. The number of ether oxygens (including phenoxy) is 1. The molecule has 0 aliphatic rings. The summed E-state index contributed by atoms with van der Waals surface area (Å²) in [4.78, 5) is 10.9. The van der Waals surface area contributed by atoms with Gasteiger partial charge in [-0.25, -0.2) is 13.6 Å². The summed E-state index contributed by atoms with van der Waals surface area (Å²) in [5.74, 6) is -2.04. The van der Waals surface area contributed by atoms with E-state index in [1.807, 2.05) is 0 Å². The van der Waals surface area contributed by atoms with Crippen molar-refractivity contribution in [3.8, 4) is 0 Å². The summed E-state index contributed by atoms with van der Waals surface area (Å²) < 4.78 is 30.7. The molecular weight excluding hydrogens is 216 g/mol. The molecule has 1 rings (SSSR count). The molecule has 1 aromatic rings. The average Bonchev–Trinajstić information content (AvgIpc) is 2.23. The first-order valence-corrected chi connectivity index (χ1v) is 4.52. The van der Waals surface area contributed by atoms with Crippen molar-refractivity contribution in [3.05, 3.63) is 41.6 Å². The lowest BCUT2D eigenvalue weighted by Crippen LogP contribution is -2.04. The molecule has 0 fully saturated rings. The summed E-state index contributed by atoms with van der Waals surface area (Å²) in [5, 5.41) is 2.45. The van der Waals surface area contributed by atoms with Crippen LogP contribution in [0.4, 0.5) is 14.5 Å². The smallest absolute Gasteiger partial charge is 0.332 e. The molecule has 5 heteroatoms. The Morgan fingerprint density at radius 2 is 1.94 bits per heavy atom. The van der Waals surface area contributed by atoms with E-state index in [2.05, 4.69) is 10.1 Å². The fraction of sp³-hybridized carbons (Fsp3) is 0.182. The number of anilines is 1. The van der Waals surface area contributed by atoms with Crippen molar-refractivity contribution < 1.29 is 18.3 Å². The van der Waals surface area contributed by atoms with Gasteiger partial charge >= 0.3 is 5.97 Å². The van der Waals surface area contributed by atoms with Gasteiger partial charge in [-0.15, -0.1) is 0 Å². The van der Waals surface area contributed by atoms with E-state index >= 15 is 0 Å². The predicted octanol–water partition coefficient (Wildman–Crippen LogP) is 2.45. The third kappa shape index (κ3) is 3.05. The largest absolute Gasteiger partial charge is 0.466 e. The van der Waals surface area contributed by atoms with E-state index in [0.29, 0.717) is 0 Å². The number of halogens is 2. The molecule has 0 saturated heterocycles. The maximum atomic E-state index is 13.2. The molecule has 3 nitrogen and oxygen atoms in total. The highest BCUT2D eigenvalue weighted by atomic mass is 19.1. The number of allylic oxidation sites excluding steroid dienone is 1. The predicted molar refractivity (Wildman–Crippen MR) is 55.8 cm³/mol. The van der Waals surface area contributed by atoms with Crippen molar-refractivity contribution in [1.29, 1.82) is 0 Å². The van der Waals surface area contributed by atoms with E-state index in [-0.39, 0.29) is 11.4 Å². The van der Waals surface area contributed by atoms with Gasteiger partial charge in [0, 0.05) is 11.8 Å². The molecule has 0 aromatic heterocycles. The normalized spacial score (nSPS) is 11.1. The highest BCUT2D eigenvalue weighted by molar-refractivity contribution is 5.83. The van der Waals surface area contributed by atoms with Crippen LogP contribution in [0.1, 0.15) is 6.92 Å². The first kappa shape index (κ1) is 12.2. The van der Waals surface area contributed by atoms with E-state index in [0.717, 1.165) is 18.2 Å². The Bertz CT molecular complexity index is 410. The van der Waals surface area contributed by atoms with Crippen LogP contribution in [0.3, 0.4) is 0 Å². The fourth-order valence-corrected chi connectivity index (χ4v) is 1.09. The van der Waals surface area contributed by atoms with Gasteiger partial charge in [-0.2, -0.15) is 0 Å². The van der Waals surface area contributed by atoms with E-state index in [1.54, 1.807) is 0 Å². The molecule has 0 amide bonds. The highest BCUT2D eigenvalue weighted by Crippen LogP contribution is 2.19. The maximum Gasteiger partial charge on any atom is 0.332 e. The van der Waals surface area contributed by atoms with Crippen molar-refractivity contribution in [1.82, 2.24) is 0 Å². The maximum absolute atomic E-state index is 13.2. The first-order chi connectivity index (χ1) is 7.54. The summed E-state index contributed by atoms with van der Waals surface area (Å²) in [5.41, 5.74) is -0.00370. The Labute approximate surface area is 91.7 Å². The molecule has 16 heavy (non-hydrogen) atoms. The lowest BCUT2D eigenvalue weighted by Gasteiger charge is -2.08. The number of para-hydroxylation sites is 1. The third-order valence-corrected chi connectivity index (χ3v) is 1.82. The van der Waals surface area contributed by atoms with Gasteiger partial charge < -0.3 is 10.1 Å². The van der Waals surface area contributed by atoms with Crippen molar-refractivity contribution in [2.45, 2.75) is 6.92 Å². The van der Waals surface area contributed by atoms with E-state index in [9.17, 15) is 13.6 Å². The molecule has 0 unspecified atom stereocenters. The summed E-state index contributed by atoms with van der Waals surface area (Å²) in [6.07, 6.45) is 1.10. The van der Waals surface area contributed by atoms with Crippen LogP contribution >= 0.6 is 0 Å². The Hall–Kier alpha value is -1.91. The van der Waals surface area contributed by atoms with Gasteiger partial charge in [0.1, 0.15) is 17.3 Å². The zero-order valence-corrected chi connectivity index (χ0v) is 8.88. The second-order valence-electron chi connectivity index (χ2n) is 3.07. The Morgan fingerprint density at radius 3 is 2.44 bits per heavy atom. The molecule has 1 aromatic carbocycles. The summed E-state index contributed by atoms with van der Waals surface area (Å²) in [7, 11) is 1.22. The van der Waals surface area contributed by atoms with Crippen LogP contribution in [0.25, 0.3) is 0 Å². The number of carbonyl (C=O) groups excluding carboxylic acids is 1. The second kappa shape index (κ2) is 5.25. The van der Waals surface area contributed by atoms with Gasteiger partial charge in [0.05, 0.1) is 7.11 Å². The molecule has 1 N–H and O–H groups in total. The SMILES string of the molecule is COC(=O)/C=C(/C)Nc1c(F)cccc1F. The summed E-state index contributed by atoms with van der Waals surface area (Å²) >= 11 is 0. The van der Waals surface area contributed by atoms with Gasteiger partial charge in [0.25, 0.3) is 0 Å². The van der Waals surface area contributed by atoms with Gasteiger partial charge in [-0.05, 0) is 19.1 Å². The minimum absolute atomic E-state index is 0.288. The second-order valence-corrected chi connectivity index (χ2v) is 3.07. The van der Waals surface area contributed by atoms with Crippen molar-refractivity contribution in [3.63, 3.8) is 0 Å².